The molecule has 0 fully saturated rings. The smallest absolute Gasteiger partial charge is 0.133 e. The molecule has 3 heteroatoms. The summed E-state index contributed by atoms with van der Waals surface area (Å²) in [5.41, 5.74) is -0.0440. The van der Waals surface area contributed by atoms with Crippen LogP contribution >= 0.6 is 11.3 Å². The third-order valence-electron chi connectivity index (χ3n) is 2.45. The van der Waals surface area contributed by atoms with Crippen LogP contribution in [0.15, 0.2) is 23.6 Å². The second-order valence-electron chi connectivity index (χ2n) is 4.04. The van der Waals surface area contributed by atoms with Gasteiger partial charge in [-0.1, -0.05) is 6.07 Å². The highest BCUT2D eigenvalue weighted by atomic mass is 32.1. The Morgan fingerprint density at radius 1 is 1.27 bits per heavy atom. The van der Waals surface area contributed by atoms with Gasteiger partial charge in [0.25, 0.3) is 0 Å². The summed E-state index contributed by atoms with van der Waals surface area (Å²) in [5, 5.41) is 13.1. The van der Waals surface area contributed by atoms with Crippen molar-refractivity contribution < 1.29 is 9.84 Å². The van der Waals surface area contributed by atoms with E-state index in [4.69, 9.17) is 4.74 Å². The Hall–Kier alpha value is -1.06. The fraction of sp³-hybridized carbons (Fsp3) is 0.333. The summed E-state index contributed by atoms with van der Waals surface area (Å²) >= 11 is 1.67. The quantitative estimate of drug-likeness (QED) is 0.846. The SMILES string of the molecule is COc1c(C(C)(C)O)ccc2sccc12. The van der Waals surface area contributed by atoms with Gasteiger partial charge in [-0.05, 0) is 31.4 Å². The van der Waals surface area contributed by atoms with Crippen LogP contribution in [0.2, 0.25) is 0 Å². The van der Waals surface area contributed by atoms with Crippen molar-refractivity contribution in [2.45, 2.75) is 19.4 Å². The van der Waals surface area contributed by atoms with E-state index in [0.29, 0.717) is 0 Å². The molecule has 0 saturated heterocycles. The number of hydrogen-bond donors (Lipinski definition) is 1. The van der Waals surface area contributed by atoms with E-state index in [0.717, 1.165) is 16.7 Å². The number of fused-ring (bicyclic) bond motifs is 1. The molecule has 0 atom stereocenters. The summed E-state index contributed by atoms with van der Waals surface area (Å²) in [6, 6.07) is 5.97. The van der Waals surface area contributed by atoms with E-state index in [1.165, 1.54) is 4.70 Å². The van der Waals surface area contributed by atoms with Crippen molar-refractivity contribution in [3.05, 3.63) is 29.1 Å². The second-order valence-corrected chi connectivity index (χ2v) is 4.99. The summed E-state index contributed by atoms with van der Waals surface area (Å²) in [6.45, 7) is 3.53. The number of aliphatic hydroxyl groups is 1. The molecule has 0 unspecified atom stereocenters. The predicted molar refractivity (Wildman–Crippen MR) is 63.6 cm³/mol. The van der Waals surface area contributed by atoms with E-state index < -0.39 is 5.60 Å². The molecular formula is C12H14O2S. The molecule has 15 heavy (non-hydrogen) atoms. The van der Waals surface area contributed by atoms with Gasteiger partial charge >= 0.3 is 0 Å². The van der Waals surface area contributed by atoms with Crippen LogP contribution in [0.25, 0.3) is 10.1 Å². The monoisotopic (exact) mass is 222 g/mol. The minimum absolute atomic E-state index is 0.779. The molecule has 1 heterocycles. The third kappa shape index (κ3) is 1.73. The number of methoxy groups -OCH3 is 1. The van der Waals surface area contributed by atoms with Gasteiger partial charge in [-0.2, -0.15) is 0 Å². The Kier molecular flexibility index (Phi) is 2.44. The molecule has 2 aromatic rings. The van der Waals surface area contributed by atoms with E-state index in [1.807, 2.05) is 23.6 Å². The zero-order chi connectivity index (χ0) is 11.1. The standard InChI is InChI=1S/C12H14O2S/c1-12(2,13)9-4-5-10-8(6-7-15-10)11(9)14-3/h4-7,13H,1-3H3. The first-order chi connectivity index (χ1) is 7.04. The zero-order valence-electron chi connectivity index (χ0n) is 9.07. The molecule has 0 bridgehead atoms. The highest BCUT2D eigenvalue weighted by Crippen LogP contribution is 2.37. The molecular weight excluding hydrogens is 208 g/mol. The largest absolute Gasteiger partial charge is 0.496 e. The van der Waals surface area contributed by atoms with Crippen molar-refractivity contribution in [2.75, 3.05) is 7.11 Å². The minimum Gasteiger partial charge on any atom is -0.496 e. The summed E-state index contributed by atoms with van der Waals surface area (Å²) in [5.74, 6) is 0.779. The topological polar surface area (TPSA) is 29.5 Å². The molecule has 2 nitrogen and oxygen atoms in total. The zero-order valence-corrected chi connectivity index (χ0v) is 9.89. The summed E-state index contributed by atoms with van der Waals surface area (Å²) < 4.78 is 6.57. The molecule has 2 rings (SSSR count). The first kappa shape index (κ1) is 10.5. The van der Waals surface area contributed by atoms with E-state index >= 15 is 0 Å². The van der Waals surface area contributed by atoms with Crippen molar-refractivity contribution in [2.24, 2.45) is 0 Å². The van der Waals surface area contributed by atoms with Crippen LogP contribution in [0.1, 0.15) is 19.4 Å². The van der Waals surface area contributed by atoms with Gasteiger partial charge in [0.15, 0.2) is 0 Å². The number of benzene rings is 1. The summed E-state index contributed by atoms with van der Waals surface area (Å²) in [4.78, 5) is 0. The number of rotatable bonds is 2. The van der Waals surface area contributed by atoms with Crippen molar-refractivity contribution >= 4 is 21.4 Å². The van der Waals surface area contributed by atoms with Crippen molar-refractivity contribution in [1.29, 1.82) is 0 Å². The maximum atomic E-state index is 10.0. The van der Waals surface area contributed by atoms with Crippen LogP contribution in [0, 0.1) is 0 Å². The Morgan fingerprint density at radius 2 is 2.00 bits per heavy atom. The Bertz CT molecular complexity index is 480. The van der Waals surface area contributed by atoms with Gasteiger partial charge in [-0.15, -0.1) is 11.3 Å². The fourth-order valence-corrected chi connectivity index (χ4v) is 2.50. The van der Waals surface area contributed by atoms with Crippen LogP contribution < -0.4 is 4.74 Å². The van der Waals surface area contributed by atoms with Crippen LogP contribution in [0.5, 0.6) is 5.75 Å². The van der Waals surface area contributed by atoms with Crippen LogP contribution in [0.3, 0.4) is 0 Å². The molecule has 0 aliphatic heterocycles. The Labute approximate surface area is 93.1 Å². The molecule has 1 N–H and O–H groups in total. The number of thiophene rings is 1. The van der Waals surface area contributed by atoms with Gasteiger partial charge in [0.05, 0.1) is 12.7 Å². The third-order valence-corrected chi connectivity index (χ3v) is 3.33. The minimum atomic E-state index is -0.874. The van der Waals surface area contributed by atoms with E-state index in [2.05, 4.69) is 0 Å². The van der Waals surface area contributed by atoms with Gasteiger partial charge in [0.1, 0.15) is 5.75 Å². The predicted octanol–water partition coefficient (Wildman–Crippen LogP) is 3.14. The molecule has 0 aliphatic rings. The molecule has 0 radical (unpaired) electrons. The molecule has 1 aromatic carbocycles. The maximum absolute atomic E-state index is 10.0. The average Bonchev–Trinajstić information content (AvgIpc) is 2.61. The van der Waals surface area contributed by atoms with Gasteiger partial charge in [0.2, 0.25) is 0 Å². The second kappa shape index (κ2) is 3.51. The lowest BCUT2D eigenvalue weighted by atomic mass is 9.96. The molecule has 0 amide bonds. The number of hydrogen-bond acceptors (Lipinski definition) is 3. The number of ether oxygens (including phenoxy) is 1. The lowest BCUT2D eigenvalue weighted by Gasteiger charge is -2.21. The molecule has 0 aliphatic carbocycles. The first-order valence-corrected chi connectivity index (χ1v) is 5.69. The fourth-order valence-electron chi connectivity index (χ4n) is 1.72. The normalized spacial score (nSPS) is 12.0. The van der Waals surface area contributed by atoms with E-state index in [9.17, 15) is 5.11 Å². The molecule has 0 saturated carbocycles. The van der Waals surface area contributed by atoms with Gasteiger partial charge in [-0.25, -0.2) is 0 Å². The first-order valence-electron chi connectivity index (χ1n) is 4.81. The van der Waals surface area contributed by atoms with Gasteiger partial charge in [0, 0.05) is 15.6 Å². The molecule has 80 valence electrons. The highest BCUT2D eigenvalue weighted by Gasteiger charge is 2.22. The lowest BCUT2D eigenvalue weighted by molar-refractivity contribution is 0.0759. The summed E-state index contributed by atoms with van der Waals surface area (Å²) in [6.07, 6.45) is 0. The van der Waals surface area contributed by atoms with Crippen molar-refractivity contribution in [1.82, 2.24) is 0 Å². The Morgan fingerprint density at radius 3 is 2.60 bits per heavy atom. The van der Waals surface area contributed by atoms with Crippen LogP contribution in [-0.4, -0.2) is 12.2 Å². The average molecular weight is 222 g/mol. The van der Waals surface area contributed by atoms with Crippen molar-refractivity contribution in [3.8, 4) is 5.75 Å². The van der Waals surface area contributed by atoms with Crippen LogP contribution in [0.4, 0.5) is 0 Å². The van der Waals surface area contributed by atoms with Gasteiger partial charge < -0.3 is 9.84 Å². The lowest BCUT2D eigenvalue weighted by Crippen LogP contribution is -2.16. The highest BCUT2D eigenvalue weighted by molar-refractivity contribution is 7.17. The molecule has 0 spiro atoms. The molecule has 1 aromatic heterocycles. The Balaban J connectivity index is 2.75. The maximum Gasteiger partial charge on any atom is 0.133 e. The van der Waals surface area contributed by atoms with Crippen molar-refractivity contribution in [3.63, 3.8) is 0 Å². The summed E-state index contributed by atoms with van der Waals surface area (Å²) in [7, 11) is 1.64. The van der Waals surface area contributed by atoms with Crippen LogP contribution in [-0.2, 0) is 5.60 Å². The van der Waals surface area contributed by atoms with E-state index in [1.54, 1.807) is 32.3 Å². The van der Waals surface area contributed by atoms with E-state index in [-0.39, 0.29) is 0 Å². The van der Waals surface area contributed by atoms with Gasteiger partial charge in [-0.3, -0.25) is 0 Å².